The molecule has 2 N–H and O–H groups in total. The molecule has 2 amide bonds. The van der Waals surface area contributed by atoms with Gasteiger partial charge in [0.1, 0.15) is 12.4 Å². The highest BCUT2D eigenvalue weighted by Gasteiger charge is 2.30. The van der Waals surface area contributed by atoms with Crippen LogP contribution in [0, 0.1) is 6.92 Å². The van der Waals surface area contributed by atoms with Gasteiger partial charge >= 0.3 is 6.01 Å². The number of hydrogen-bond acceptors (Lipinski definition) is 8. The summed E-state index contributed by atoms with van der Waals surface area (Å²) in [6.45, 7) is 7.69. The standard InChI is InChI=1S/C32H39N7O3/c1-22-6-3-7-23-8-4-10-27(30(22)23)39-15-13-25-26(20-39)34-32(42-21-24-9-5-14-36(24)2)35-31(25)38-18-16-37(17-19-38)29(41)12-11-28(33)40/h3-4,6-8,10-12,24H,5,9,13-21H2,1-2H3,(H2,33,40)/b12-11+/t24-/m0/s1. The summed E-state index contributed by atoms with van der Waals surface area (Å²) >= 11 is 0. The number of fused-ring (bicyclic) bond motifs is 2. The Morgan fingerprint density at radius 1 is 1.00 bits per heavy atom. The van der Waals surface area contributed by atoms with Crippen LogP contribution in [0.2, 0.25) is 0 Å². The molecule has 2 fully saturated rings. The Kier molecular flexibility index (Phi) is 7.97. The molecule has 3 aromatic rings. The second-order valence-corrected chi connectivity index (χ2v) is 11.5. The van der Waals surface area contributed by atoms with Crippen LogP contribution < -0.4 is 20.3 Å². The number of hydrogen-bond donors (Lipinski definition) is 1. The summed E-state index contributed by atoms with van der Waals surface area (Å²) < 4.78 is 6.28. The molecule has 2 aromatic carbocycles. The summed E-state index contributed by atoms with van der Waals surface area (Å²) in [5, 5.41) is 2.52. The predicted molar refractivity (Wildman–Crippen MR) is 164 cm³/mol. The van der Waals surface area contributed by atoms with Gasteiger partial charge in [-0.15, -0.1) is 0 Å². The third kappa shape index (κ3) is 5.76. The lowest BCUT2D eigenvalue weighted by Gasteiger charge is -2.38. The van der Waals surface area contributed by atoms with E-state index in [-0.39, 0.29) is 5.91 Å². The van der Waals surface area contributed by atoms with Crippen LogP contribution in [0.4, 0.5) is 11.5 Å². The lowest BCUT2D eigenvalue weighted by atomic mass is 9.99. The van der Waals surface area contributed by atoms with E-state index >= 15 is 0 Å². The van der Waals surface area contributed by atoms with Crippen LogP contribution in [-0.4, -0.2) is 90.5 Å². The molecule has 3 aliphatic heterocycles. The third-order valence-electron chi connectivity index (χ3n) is 8.81. The maximum absolute atomic E-state index is 12.5. The van der Waals surface area contributed by atoms with E-state index in [1.165, 1.54) is 34.5 Å². The van der Waals surface area contributed by atoms with Crippen molar-refractivity contribution in [3.63, 3.8) is 0 Å². The molecule has 3 aliphatic rings. The number of likely N-dealkylation sites (N-methyl/N-ethyl adjacent to an activating group) is 1. The summed E-state index contributed by atoms with van der Waals surface area (Å²) in [6, 6.07) is 13.7. The number of carbonyl (C=O) groups is 2. The molecule has 4 heterocycles. The topological polar surface area (TPSA) is 108 Å². The van der Waals surface area contributed by atoms with Crippen molar-refractivity contribution in [2.75, 3.05) is 62.7 Å². The van der Waals surface area contributed by atoms with E-state index in [9.17, 15) is 9.59 Å². The Hall–Kier alpha value is -4.18. The van der Waals surface area contributed by atoms with E-state index in [2.05, 4.69) is 65.1 Å². The molecule has 42 heavy (non-hydrogen) atoms. The van der Waals surface area contributed by atoms with E-state index in [1.54, 1.807) is 4.90 Å². The fraction of sp³-hybridized carbons (Fsp3) is 0.438. The van der Waals surface area contributed by atoms with Gasteiger partial charge in [0.25, 0.3) is 0 Å². The zero-order chi connectivity index (χ0) is 29.2. The Balaban J connectivity index is 1.27. The monoisotopic (exact) mass is 569 g/mol. The van der Waals surface area contributed by atoms with Crippen LogP contribution in [0.3, 0.4) is 0 Å². The van der Waals surface area contributed by atoms with Gasteiger partial charge in [0.05, 0.1) is 12.2 Å². The van der Waals surface area contributed by atoms with Crippen molar-refractivity contribution < 1.29 is 14.3 Å². The summed E-state index contributed by atoms with van der Waals surface area (Å²) in [5.41, 5.74) is 9.80. The summed E-state index contributed by atoms with van der Waals surface area (Å²) in [7, 11) is 2.14. The summed E-state index contributed by atoms with van der Waals surface area (Å²) in [6.07, 6.45) is 5.48. The van der Waals surface area contributed by atoms with Crippen molar-refractivity contribution in [2.45, 2.75) is 38.8 Å². The number of rotatable bonds is 7. The van der Waals surface area contributed by atoms with Crippen molar-refractivity contribution >= 4 is 34.1 Å². The van der Waals surface area contributed by atoms with E-state index in [0.717, 1.165) is 49.1 Å². The Bertz CT molecular complexity index is 1510. The van der Waals surface area contributed by atoms with Gasteiger partial charge in [0.2, 0.25) is 11.8 Å². The molecule has 0 radical (unpaired) electrons. The zero-order valence-electron chi connectivity index (χ0n) is 24.5. The van der Waals surface area contributed by atoms with Crippen molar-refractivity contribution in [1.29, 1.82) is 0 Å². The van der Waals surface area contributed by atoms with Crippen molar-refractivity contribution in [3.8, 4) is 6.01 Å². The van der Waals surface area contributed by atoms with Crippen molar-refractivity contribution in [3.05, 3.63) is 65.4 Å². The quantitative estimate of drug-likeness (QED) is 0.433. The van der Waals surface area contributed by atoms with Gasteiger partial charge in [-0.2, -0.15) is 9.97 Å². The van der Waals surface area contributed by atoms with Gasteiger partial charge in [-0.3, -0.25) is 9.59 Å². The van der Waals surface area contributed by atoms with Crippen LogP contribution >= 0.6 is 0 Å². The van der Waals surface area contributed by atoms with Gasteiger partial charge in [0, 0.05) is 67.6 Å². The third-order valence-corrected chi connectivity index (χ3v) is 8.81. The van der Waals surface area contributed by atoms with E-state index < -0.39 is 5.91 Å². The molecular formula is C32H39N7O3. The Morgan fingerprint density at radius 3 is 2.52 bits per heavy atom. The first-order chi connectivity index (χ1) is 20.4. The minimum atomic E-state index is -0.626. The first-order valence-corrected chi connectivity index (χ1v) is 14.8. The van der Waals surface area contributed by atoms with Gasteiger partial charge in [0.15, 0.2) is 0 Å². The van der Waals surface area contributed by atoms with Crippen LogP contribution in [0.1, 0.15) is 29.7 Å². The molecule has 6 rings (SSSR count). The number of nitrogens with two attached hydrogens (primary N) is 1. The molecule has 0 saturated carbocycles. The van der Waals surface area contributed by atoms with Crippen LogP contribution in [-0.2, 0) is 22.6 Å². The molecule has 0 aliphatic carbocycles. The van der Waals surface area contributed by atoms with Crippen LogP contribution in [0.5, 0.6) is 6.01 Å². The molecule has 10 nitrogen and oxygen atoms in total. The molecular weight excluding hydrogens is 530 g/mol. The largest absolute Gasteiger partial charge is 0.462 e. The molecule has 10 heteroatoms. The van der Waals surface area contributed by atoms with Gasteiger partial charge in [-0.1, -0.05) is 30.3 Å². The number of ether oxygens (including phenoxy) is 1. The lowest BCUT2D eigenvalue weighted by Crippen LogP contribution is -2.49. The minimum Gasteiger partial charge on any atom is -0.462 e. The predicted octanol–water partition coefficient (Wildman–Crippen LogP) is 2.66. The van der Waals surface area contributed by atoms with Gasteiger partial charge in [-0.25, -0.2) is 0 Å². The van der Waals surface area contributed by atoms with Crippen molar-refractivity contribution in [2.24, 2.45) is 5.73 Å². The van der Waals surface area contributed by atoms with Gasteiger partial charge < -0.3 is 30.1 Å². The molecule has 2 saturated heterocycles. The maximum Gasteiger partial charge on any atom is 0.318 e. The molecule has 1 atom stereocenters. The minimum absolute atomic E-state index is 0.205. The number of benzene rings is 2. The average molecular weight is 570 g/mol. The molecule has 220 valence electrons. The Morgan fingerprint density at radius 2 is 1.79 bits per heavy atom. The normalized spacial score (nSPS) is 19.5. The number of primary amides is 1. The second kappa shape index (κ2) is 12.0. The highest BCUT2D eigenvalue weighted by molar-refractivity contribution is 5.97. The van der Waals surface area contributed by atoms with Gasteiger partial charge in [-0.05, 0) is 56.8 Å². The fourth-order valence-electron chi connectivity index (χ4n) is 6.45. The molecule has 0 unspecified atom stereocenters. The number of piperazine rings is 1. The number of likely N-dealkylation sites (tertiary alicyclic amines) is 1. The molecule has 0 bridgehead atoms. The SMILES string of the molecule is Cc1cccc2cccc(N3CCc4c(nc(OC[C@@H]5CCCN5C)nc4N4CCN(C(=O)/C=C/C(N)=O)CC4)C3)c12. The maximum atomic E-state index is 12.5. The first-order valence-electron chi connectivity index (χ1n) is 14.8. The molecule has 1 aromatic heterocycles. The summed E-state index contributed by atoms with van der Waals surface area (Å²) in [5.74, 6) is 0.0748. The lowest BCUT2D eigenvalue weighted by molar-refractivity contribution is -0.126. The highest BCUT2D eigenvalue weighted by Crippen LogP contribution is 2.35. The number of aryl methyl sites for hydroxylation is 1. The first kappa shape index (κ1) is 28.0. The number of amides is 2. The van der Waals surface area contributed by atoms with Crippen molar-refractivity contribution in [1.82, 2.24) is 19.8 Å². The zero-order valence-corrected chi connectivity index (χ0v) is 24.5. The number of anilines is 2. The highest BCUT2D eigenvalue weighted by atomic mass is 16.5. The van der Waals surface area contributed by atoms with Crippen LogP contribution in [0.15, 0.2) is 48.6 Å². The molecule has 0 spiro atoms. The number of nitrogens with zero attached hydrogens (tertiary/aromatic N) is 6. The van der Waals surface area contributed by atoms with Crippen LogP contribution in [0.25, 0.3) is 10.8 Å². The number of aromatic nitrogens is 2. The summed E-state index contributed by atoms with van der Waals surface area (Å²) in [4.78, 5) is 42.3. The fourth-order valence-corrected chi connectivity index (χ4v) is 6.45. The van der Waals surface area contributed by atoms with E-state index in [4.69, 9.17) is 20.4 Å². The smallest absolute Gasteiger partial charge is 0.318 e. The van der Waals surface area contributed by atoms with E-state index in [0.29, 0.717) is 51.4 Å². The number of carbonyl (C=O) groups excluding carboxylic acids is 2. The average Bonchev–Trinajstić information content (AvgIpc) is 3.42. The second-order valence-electron chi connectivity index (χ2n) is 11.5. The van der Waals surface area contributed by atoms with E-state index in [1.807, 2.05) is 0 Å². The Labute approximate surface area is 246 Å².